The first-order chi connectivity index (χ1) is 19.8. The van der Waals surface area contributed by atoms with Gasteiger partial charge in [-0.05, 0) is 49.1 Å². The Labute approximate surface area is 251 Å². The average Bonchev–Trinajstić information content (AvgIpc) is 2.94. The molecule has 0 saturated heterocycles. The highest BCUT2D eigenvalue weighted by Crippen LogP contribution is 2.28. The highest BCUT2D eigenvalue weighted by molar-refractivity contribution is 7.92. The van der Waals surface area contributed by atoms with Crippen LogP contribution in [0.5, 0.6) is 0 Å². The molecule has 0 saturated carbocycles. The van der Waals surface area contributed by atoms with Crippen LogP contribution in [0, 0.1) is 17.0 Å². The Morgan fingerprint density at radius 2 is 1.67 bits per heavy atom. The molecule has 2 amide bonds. The second-order valence-electron chi connectivity index (χ2n) is 10.2. The molecule has 0 aliphatic heterocycles. The van der Waals surface area contributed by atoms with Gasteiger partial charge >= 0.3 is 0 Å². The van der Waals surface area contributed by atoms with Gasteiger partial charge in [-0.3, -0.25) is 24.0 Å². The molecule has 0 bridgehead atoms. The van der Waals surface area contributed by atoms with Crippen LogP contribution in [-0.2, 0) is 32.6 Å². The van der Waals surface area contributed by atoms with E-state index in [2.05, 4.69) is 5.32 Å². The van der Waals surface area contributed by atoms with Crippen molar-refractivity contribution in [3.05, 3.63) is 105 Å². The van der Waals surface area contributed by atoms with E-state index in [1.807, 2.05) is 44.2 Å². The maximum atomic E-state index is 14.1. The van der Waals surface area contributed by atoms with Crippen molar-refractivity contribution in [2.75, 3.05) is 17.1 Å². The number of anilines is 1. The number of hydrogen-bond acceptors (Lipinski definition) is 6. The summed E-state index contributed by atoms with van der Waals surface area (Å²) in [6.07, 6.45) is 1.78. The predicted molar refractivity (Wildman–Crippen MR) is 164 cm³/mol. The lowest BCUT2D eigenvalue weighted by Crippen LogP contribution is -2.54. The standard InChI is InChI=1S/C30H35ClN4O6S/c1-5-22(3)32-30(37)28(17-23-9-7-6-8-10-23)33(19-24-12-14-25(31)15-13-24)29(36)20-34(42(4,40)41)27-18-26(35(38)39)16-11-21(27)2/h6-16,18,22,28H,5,17,19-20H2,1-4H3,(H,32,37). The molecule has 0 aliphatic carbocycles. The lowest BCUT2D eigenvalue weighted by molar-refractivity contribution is -0.384. The van der Waals surface area contributed by atoms with Crippen LogP contribution in [0.4, 0.5) is 11.4 Å². The van der Waals surface area contributed by atoms with Gasteiger partial charge in [0.25, 0.3) is 5.69 Å². The number of nitro benzene ring substituents is 1. The molecule has 2 unspecified atom stereocenters. The Morgan fingerprint density at radius 1 is 1.02 bits per heavy atom. The van der Waals surface area contributed by atoms with Gasteiger partial charge in [-0.1, -0.05) is 67.1 Å². The summed E-state index contributed by atoms with van der Waals surface area (Å²) in [6.45, 7) is 4.72. The van der Waals surface area contributed by atoms with Gasteiger partial charge in [0.05, 0.1) is 16.9 Å². The Morgan fingerprint density at radius 3 is 2.24 bits per heavy atom. The summed E-state index contributed by atoms with van der Waals surface area (Å²) in [6, 6.07) is 18.7. The molecule has 0 aromatic heterocycles. The first kappa shape index (κ1) is 32.6. The topological polar surface area (TPSA) is 130 Å². The molecule has 0 spiro atoms. The SMILES string of the molecule is CCC(C)NC(=O)C(Cc1ccccc1)N(Cc1ccc(Cl)cc1)C(=O)CN(c1cc([N+](=O)[O-])ccc1C)S(C)(=O)=O. The van der Waals surface area contributed by atoms with Crippen LogP contribution < -0.4 is 9.62 Å². The van der Waals surface area contributed by atoms with E-state index in [1.165, 1.54) is 17.0 Å². The number of carbonyl (C=O) groups excluding carboxylic acids is 2. The van der Waals surface area contributed by atoms with Crippen molar-refractivity contribution >= 4 is 44.8 Å². The van der Waals surface area contributed by atoms with E-state index in [9.17, 15) is 28.1 Å². The first-order valence-electron chi connectivity index (χ1n) is 13.4. The van der Waals surface area contributed by atoms with Crippen molar-refractivity contribution in [3.63, 3.8) is 0 Å². The van der Waals surface area contributed by atoms with Gasteiger partial charge in [0.15, 0.2) is 0 Å². The molecule has 0 radical (unpaired) electrons. The highest BCUT2D eigenvalue weighted by atomic mass is 35.5. The number of sulfonamides is 1. The van der Waals surface area contributed by atoms with E-state index >= 15 is 0 Å². The summed E-state index contributed by atoms with van der Waals surface area (Å²) in [5.74, 6) is -1.03. The van der Waals surface area contributed by atoms with E-state index in [1.54, 1.807) is 31.2 Å². The summed E-state index contributed by atoms with van der Waals surface area (Å²) in [5, 5.41) is 14.9. The number of halogens is 1. The minimum Gasteiger partial charge on any atom is -0.352 e. The number of aryl methyl sites for hydroxylation is 1. The maximum absolute atomic E-state index is 14.1. The normalized spacial score (nSPS) is 12.7. The number of benzene rings is 3. The molecule has 42 heavy (non-hydrogen) atoms. The molecule has 10 nitrogen and oxygen atoms in total. The van der Waals surface area contributed by atoms with Crippen molar-refractivity contribution in [2.45, 2.75) is 52.2 Å². The van der Waals surface area contributed by atoms with Gasteiger partial charge in [-0.2, -0.15) is 0 Å². The third kappa shape index (κ3) is 8.77. The van der Waals surface area contributed by atoms with Gasteiger partial charge in [0, 0.05) is 36.2 Å². The van der Waals surface area contributed by atoms with Gasteiger partial charge < -0.3 is 10.2 Å². The molecule has 2 atom stereocenters. The summed E-state index contributed by atoms with van der Waals surface area (Å²) < 4.78 is 26.8. The van der Waals surface area contributed by atoms with Crippen LogP contribution in [0.1, 0.15) is 37.0 Å². The van der Waals surface area contributed by atoms with Crippen molar-refractivity contribution < 1.29 is 22.9 Å². The third-order valence-corrected chi connectivity index (χ3v) is 8.27. The number of rotatable bonds is 13. The minimum atomic E-state index is -4.07. The van der Waals surface area contributed by atoms with E-state index in [-0.39, 0.29) is 36.3 Å². The summed E-state index contributed by atoms with van der Waals surface area (Å²) >= 11 is 6.08. The largest absolute Gasteiger partial charge is 0.352 e. The van der Waals surface area contributed by atoms with Gasteiger partial charge in [0.2, 0.25) is 21.8 Å². The van der Waals surface area contributed by atoms with Crippen LogP contribution in [0.15, 0.2) is 72.8 Å². The van der Waals surface area contributed by atoms with E-state index in [0.29, 0.717) is 22.6 Å². The van der Waals surface area contributed by atoms with Crippen molar-refractivity contribution in [2.24, 2.45) is 0 Å². The smallest absolute Gasteiger partial charge is 0.271 e. The van der Waals surface area contributed by atoms with E-state index < -0.39 is 33.4 Å². The molecule has 0 aliphatic rings. The quantitative estimate of drug-likeness (QED) is 0.216. The fourth-order valence-electron chi connectivity index (χ4n) is 4.36. The predicted octanol–water partition coefficient (Wildman–Crippen LogP) is 4.88. The zero-order chi connectivity index (χ0) is 31.0. The summed E-state index contributed by atoms with van der Waals surface area (Å²) in [4.78, 5) is 40.0. The average molecular weight is 615 g/mol. The third-order valence-electron chi connectivity index (χ3n) is 6.89. The number of non-ortho nitro benzene ring substituents is 1. The fourth-order valence-corrected chi connectivity index (χ4v) is 5.38. The zero-order valence-corrected chi connectivity index (χ0v) is 25.6. The van der Waals surface area contributed by atoms with Gasteiger partial charge in [0.1, 0.15) is 12.6 Å². The minimum absolute atomic E-state index is 0.00699. The molecular weight excluding hydrogens is 580 g/mol. The van der Waals surface area contributed by atoms with Crippen LogP contribution >= 0.6 is 11.6 Å². The lowest BCUT2D eigenvalue weighted by atomic mass is 10.0. The molecule has 3 aromatic carbocycles. The molecule has 12 heteroatoms. The van der Waals surface area contributed by atoms with Crippen molar-refractivity contribution in [3.8, 4) is 0 Å². The summed E-state index contributed by atoms with van der Waals surface area (Å²) in [7, 11) is -4.07. The van der Waals surface area contributed by atoms with Crippen LogP contribution in [-0.4, -0.2) is 54.9 Å². The highest BCUT2D eigenvalue weighted by Gasteiger charge is 2.34. The van der Waals surface area contributed by atoms with E-state index in [0.717, 1.165) is 22.2 Å². The number of amides is 2. The molecule has 0 heterocycles. The van der Waals surface area contributed by atoms with Gasteiger partial charge in [-0.15, -0.1) is 0 Å². The lowest BCUT2D eigenvalue weighted by Gasteiger charge is -2.34. The molecular formula is C30H35ClN4O6S. The number of hydrogen-bond donors (Lipinski definition) is 1. The number of nitro groups is 1. The molecule has 3 aromatic rings. The second-order valence-corrected chi connectivity index (χ2v) is 12.5. The Balaban J connectivity index is 2.10. The number of carbonyl (C=O) groups is 2. The second kappa shape index (κ2) is 14.3. The maximum Gasteiger partial charge on any atom is 0.271 e. The van der Waals surface area contributed by atoms with Gasteiger partial charge in [-0.25, -0.2) is 8.42 Å². The molecule has 0 fully saturated rings. The summed E-state index contributed by atoms with van der Waals surface area (Å²) in [5.41, 5.74) is 1.61. The molecule has 3 rings (SSSR count). The van der Waals surface area contributed by atoms with Crippen molar-refractivity contribution in [1.29, 1.82) is 0 Å². The number of nitrogens with zero attached hydrogens (tertiary/aromatic N) is 3. The van der Waals surface area contributed by atoms with Crippen LogP contribution in [0.25, 0.3) is 0 Å². The first-order valence-corrected chi connectivity index (χ1v) is 15.6. The van der Waals surface area contributed by atoms with Crippen molar-refractivity contribution in [1.82, 2.24) is 10.2 Å². The fraction of sp³-hybridized carbons (Fsp3) is 0.333. The zero-order valence-electron chi connectivity index (χ0n) is 24.0. The van der Waals surface area contributed by atoms with Crippen LogP contribution in [0.2, 0.25) is 5.02 Å². The Kier molecular flexibility index (Phi) is 11.1. The Bertz CT molecular complexity index is 1520. The monoisotopic (exact) mass is 614 g/mol. The van der Waals surface area contributed by atoms with Crippen LogP contribution in [0.3, 0.4) is 0 Å². The Hall–Kier alpha value is -3.96. The number of nitrogens with one attached hydrogen (secondary N) is 1. The van der Waals surface area contributed by atoms with E-state index in [4.69, 9.17) is 11.6 Å². The molecule has 224 valence electrons. The molecule has 1 N–H and O–H groups in total.